The molecule has 1 rings (SSSR count). The van der Waals surface area contributed by atoms with Crippen LogP contribution in [0.1, 0.15) is 0 Å². The average molecular weight is 218 g/mol. The van der Waals surface area contributed by atoms with Crippen LogP contribution in [0.3, 0.4) is 0 Å². The highest BCUT2D eigenvalue weighted by Crippen LogP contribution is 2.07. The van der Waals surface area contributed by atoms with Crippen LogP contribution in [0, 0.1) is 0 Å². The maximum absolute atomic E-state index is 11.4. The Morgan fingerprint density at radius 1 is 1.64 bits per heavy atom. The van der Waals surface area contributed by atoms with E-state index in [2.05, 4.69) is 17.9 Å². The van der Waals surface area contributed by atoms with Crippen LogP contribution < -0.4 is 5.32 Å². The molecule has 0 saturated carbocycles. The number of nitrogens with zero attached hydrogens (tertiary/aromatic N) is 1. The summed E-state index contributed by atoms with van der Waals surface area (Å²) in [4.78, 5) is 24.3. The monoisotopic (exact) mass is 218 g/mol. The van der Waals surface area contributed by atoms with E-state index in [1.807, 2.05) is 0 Å². The molecule has 14 heavy (non-hydrogen) atoms. The van der Waals surface area contributed by atoms with Crippen LogP contribution in [-0.4, -0.2) is 55.3 Å². The van der Waals surface area contributed by atoms with Crippen LogP contribution in [0.4, 0.5) is 0 Å². The number of morpholine rings is 1. The van der Waals surface area contributed by atoms with E-state index in [9.17, 15) is 9.59 Å². The number of hydrogen-bond donors (Lipinski definition) is 2. The molecule has 0 aromatic rings. The summed E-state index contributed by atoms with van der Waals surface area (Å²) >= 11 is 3.90. The lowest BCUT2D eigenvalue weighted by atomic mass is 10.2. The first-order chi connectivity index (χ1) is 6.70. The second-order valence-electron chi connectivity index (χ2n) is 2.95. The molecular weight excluding hydrogens is 204 g/mol. The van der Waals surface area contributed by atoms with E-state index in [1.54, 1.807) is 7.05 Å². The third-order valence-electron chi connectivity index (χ3n) is 2.13. The van der Waals surface area contributed by atoms with Crippen molar-refractivity contribution in [3.63, 3.8) is 0 Å². The molecule has 1 aliphatic heterocycles. The van der Waals surface area contributed by atoms with Gasteiger partial charge in [0.1, 0.15) is 6.04 Å². The summed E-state index contributed by atoms with van der Waals surface area (Å²) in [5.74, 6) is -0.210. The molecule has 0 aliphatic carbocycles. The van der Waals surface area contributed by atoms with Gasteiger partial charge in [0.25, 0.3) is 0 Å². The van der Waals surface area contributed by atoms with E-state index in [1.165, 1.54) is 4.90 Å². The van der Waals surface area contributed by atoms with Crippen molar-refractivity contribution in [2.24, 2.45) is 0 Å². The molecule has 1 N–H and O–H groups in total. The number of thiol groups is 1. The first-order valence-electron chi connectivity index (χ1n) is 4.40. The Morgan fingerprint density at radius 3 is 2.93 bits per heavy atom. The molecule has 0 aromatic heterocycles. The van der Waals surface area contributed by atoms with Gasteiger partial charge in [0.2, 0.25) is 11.8 Å². The summed E-state index contributed by atoms with van der Waals surface area (Å²) in [5.41, 5.74) is 0. The number of ether oxygens (including phenoxy) is 1. The SMILES string of the molecule is CNC(=O)C1COCCN1C(=O)CS. The highest BCUT2D eigenvalue weighted by Gasteiger charge is 2.31. The van der Waals surface area contributed by atoms with Gasteiger partial charge in [-0.2, -0.15) is 12.6 Å². The number of likely N-dealkylation sites (N-methyl/N-ethyl adjacent to an activating group) is 1. The fourth-order valence-corrected chi connectivity index (χ4v) is 1.56. The standard InChI is InChI=1S/C8H14N2O3S/c1-9-8(12)6-4-13-3-2-10(6)7(11)5-14/h6,14H,2-5H2,1H3,(H,9,12). The molecule has 5 nitrogen and oxygen atoms in total. The van der Waals surface area contributed by atoms with Crippen molar-refractivity contribution < 1.29 is 14.3 Å². The van der Waals surface area contributed by atoms with Crippen molar-refractivity contribution in [1.82, 2.24) is 10.2 Å². The Labute approximate surface area is 88.2 Å². The van der Waals surface area contributed by atoms with Gasteiger partial charge in [-0.05, 0) is 0 Å². The Morgan fingerprint density at radius 2 is 2.36 bits per heavy atom. The van der Waals surface area contributed by atoms with Crippen LogP contribution in [0.5, 0.6) is 0 Å². The Kier molecular flexibility index (Phi) is 4.21. The molecule has 1 saturated heterocycles. The highest BCUT2D eigenvalue weighted by molar-refractivity contribution is 7.81. The summed E-state index contributed by atoms with van der Waals surface area (Å²) in [6, 6.07) is -0.506. The van der Waals surface area contributed by atoms with Crippen LogP contribution in [0.25, 0.3) is 0 Å². The van der Waals surface area contributed by atoms with Crippen molar-refractivity contribution in [1.29, 1.82) is 0 Å². The smallest absolute Gasteiger partial charge is 0.244 e. The lowest BCUT2D eigenvalue weighted by molar-refractivity contribution is -0.146. The zero-order valence-electron chi connectivity index (χ0n) is 8.02. The molecule has 1 fully saturated rings. The van der Waals surface area contributed by atoms with Crippen LogP contribution in [-0.2, 0) is 14.3 Å². The minimum Gasteiger partial charge on any atom is -0.377 e. The van der Waals surface area contributed by atoms with Gasteiger partial charge >= 0.3 is 0 Å². The van der Waals surface area contributed by atoms with Crippen LogP contribution in [0.15, 0.2) is 0 Å². The second kappa shape index (κ2) is 5.21. The summed E-state index contributed by atoms with van der Waals surface area (Å²) < 4.78 is 5.15. The largest absolute Gasteiger partial charge is 0.377 e. The maximum Gasteiger partial charge on any atom is 0.244 e. The maximum atomic E-state index is 11.4. The molecule has 80 valence electrons. The van der Waals surface area contributed by atoms with Gasteiger partial charge in [-0.25, -0.2) is 0 Å². The van der Waals surface area contributed by atoms with Crippen molar-refractivity contribution >= 4 is 24.4 Å². The molecule has 6 heteroatoms. The fourth-order valence-electron chi connectivity index (χ4n) is 1.38. The number of amides is 2. The third-order valence-corrected chi connectivity index (χ3v) is 2.40. The number of nitrogens with one attached hydrogen (secondary N) is 1. The van der Waals surface area contributed by atoms with Crippen molar-refractivity contribution in [2.45, 2.75) is 6.04 Å². The van der Waals surface area contributed by atoms with Gasteiger partial charge in [-0.3, -0.25) is 9.59 Å². The van der Waals surface area contributed by atoms with Gasteiger partial charge in [0.15, 0.2) is 0 Å². The van der Waals surface area contributed by atoms with Crippen molar-refractivity contribution in [3.05, 3.63) is 0 Å². The normalized spacial score (nSPS) is 21.9. The van der Waals surface area contributed by atoms with E-state index in [0.717, 1.165) is 0 Å². The third kappa shape index (κ3) is 2.39. The van der Waals surface area contributed by atoms with Crippen molar-refractivity contribution in [2.75, 3.05) is 32.6 Å². The summed E-state index contributed by atoms with van der Waals surface area (Å²) in [6.45, 7) is 1.20. The molecule has 0 aromatic carbocycles. The van der Waals surface area contributed by atoms with Gasteiger partial charge in [0, 0.05) is 13.6 Å². The van der Waals surface area contributed by atoms with E-state index >= 15 is 0 Å². The second-order valence-corrected chi connectivity index (χ2v) is 3.27. The first kappa shape index (κ1) is 11.3. The topological polar surface area (TPSA) is 58.6 Å². The van der Waals surface area contributed by atoms with Gasteiger partial charge < -0.3 is 15.0 Å². The molecule has 1 aliphatic rings. The summed E-state index contributed by atoms with van der Waals surface area (Å²) in [6.07, 6.45) is 0. The Balaban J connectivity index is 2.68. The van der Waals surface area contributed by atoms with Gasteiger partial charge in [-0.1, -0.05) is 0 Å². The first-order valence-corrected chi connectivity index (χ1v) is 5.03. The zero-order valence-corrected chi connectivity index (χ0v) is 8.92. The molecule has 0 bridgehead atoms. The Hall–Kier alpha value is -0.750. The summed E-state index contributed by atoms with van der Waals surface area (Å²) in [5, 5.41) is 2.51. The van der Waals surface area contributed by atoms with Gasteiger partial charge in [0.05, 0.1) is 19.0 Å². The quantitative estimate of drug-likeness (QED) is 0.578. The lowest BCUT2D eigenvalue weighted by Crippen LogP contribution is -2.55. The minimum absolute atomic E-state index is 0.119. The zero-order chi connectivity index (χ0) is 10.6. The van der Waals surface area contributed by atoms with Crippen LogP contribution >= 0.6 is 12.6 Å². The molecular formula is C8H14N2O3S. The van der Waals surface area contributed by atoms with Gasteiger partial charge in [-0.15, -0.1) is 0 Å². The highest BCUT2D eigenvalue weighted by atomic mass is 32.1. The predicted octanol–water partition coefficient (Wildman–Crippen LogP) is -1.11. The molecule has 1 heterocycles. The van der Waals surface area contributed by atoms with Crippen molar-refractivity contribution in [3.8, 4) is 0 Å². The lowest BCUT2D eigenvalue weighted by Gasteiger charge is -2.33. The number of carbonyl (C=O) groups excluding carboxylic acids is 2. The minimum atomic E-state index is -0.506. The van der Waals surface area contributed by atoms with E-state index in [4.69, 9.17) is 4.74 Å². The van der Waals surface area contributed by atoms with E-state index in [-0.39, 0.29) is 24.2 Å². The van der Waals surface area contributed by atoms with E-state index < -0.39 is 6.04 Å². The number of carbonyl (C=O) groups is 2. The van der Waals surface area contributed by atoms with E-state index in [0.29, 0.717) is 13.2 Å². The molecule has 2 amide bonds. The Bertz CT molecular complexity index is 211. The number of hydrogen-bond acceptors (Lipinski definition) is 4. The fraction of sp³-hybridized carbons (Fsp3) is 0.750. The molecule has 1 unspecified atom stereocenters. The van der Waals surface area contributed by atoms with Crippen LogP contribution in [0.2, 0.25) is 0 Å². The summed E-state index contributed by atoms with van der Waals surface area (Å²) in [7, 11) is 1.54. The molecule has 1 atom stereocenters. The average Bonchev–Trinajstić information content (AvgIpc) is 2.27. The molecule has 0 spiro atoms. The molecule has 0 radical (unpaired) electrons. The predicted molar refractivity (Wildman–Crippen MR) is 54.2 cm³/mol. The number of rotatable bonds is 2.